The molecule has 0 heterocycles. The van der Waals surface area contributed by atoms with Crippen LogP contribution in [0.5, 0.6) is 0 Å². The summed E-state index contributed by atoms with van der Waals surface area (Å²) in [7, 11) is 0. The van der Waals surface area contributed by atoms with E-state index in [1.54, 1.807) is 13.8 Å². The van der Waals surface area contributed by atoms with Crippen molar-refractivity contribution in [3.05, 3.63) is 28.2 Å². The van der Waals surface area contributed by atoms with E-state index in [0.717, 1.165) is 12.1 Å². The third-order valence-electron chi connectivity index (χ3n) is 2.18. The molecule has 0 radical (unpaired) electrons. The smallest absolute Gasteiger partial charge is 0.307 e. The molecule has 0 saturated heterocycles. The molecule has 1 aromatic rings. The number of rotatable bonds is 5. The summed E-state index contributed by atoms with van der Waals surface area (Å²) < 4.78 is 31.5. The zero-order valence-electron chi connectivity index (χ0n) is 10.1. The lowest BCUT2D eigenvalue weighted by atomic mass is 10.2. The number of hydrogen-bond donors (Lipinski definition) is 1. The molecule has 0 aliphatic rings. The van der Waals surface area contributed by atoms with Crippen molar-refractivity contribution in [2.75, 3.05) is 11.9 Å². The summed E-state index contributed by atoms with van der Waals surface area (Å²) in [6, 6.07) is 1.62. The fourth-order valence-electron chi connectivity index (χ4n) is 1.45. The third-order valence-corrected chi connectivity index (χ3v) is 2.80. The van der Waals surface area contributed by atoms with E-state index < -0.39 is 11.6 Å². The van der Waals surface area contributed by atoms with Gasteiger partial charge in [0.25, 0.3) is 0 Å². The lowest BCUT2D eigenvalue weighted by molar-refractivity contribution is -0.143. The molecule has 1 atom stereocenters. The standard InChI is InChI=1S/C12H14BrF2NO2/c1-3-18-11(17)4-7(2)16-12-9(13)5-8(14)6-10(12)15/h5-7,16H,3-4H2,1-2H3. The molecule has 0 amide bonds. The average Bonchev–Trinajstić information content (AvgIpc) is 2.23. The summed E-state index contributed by atoms with van der Waals surface area (Å²) in [6.07, 6.45) is 0.108. The average molecular weight is 322 g/mol. The van der Waals surface area contributed by atoms with Gasteiger partial charge in [0.15, 0.2) is 0 Å². The van der Waals surface area contributed by atoms with Crippen molar-refractivity contribution in [2.24, 2.45) is 0 Å². The minimum absolute atomic E-state index is 0.108. The highest BCUT2D eigenvalue weighted by atomic mass is 79.9. The van der Waals surface area contributed by atoms with Crippen molar-refractivity contribution in [3.8, 4) is 0 Å². The molecule has 0 bridgehead atoms. The molecule has 1 unspecified atom stereocenters. The van der Waals surface area contributed by atoms with Gasteiger partial charge in [-0.25, -0.2) is 8.78 Å². The second kappa shape index (κ2) is 6.68. The van der Waals surface area contributed by atoms with E-state index >= 15 is 0 Å². The van der Waals surface area contributed by atoms with Gasteiger partial charge in [0.2, 0.25) is 0 Å². The van der Waals surface area contributed by atoms with E-state index in [4.69, 9.17) is 4.74 Å². The number of ether oxygens (including phenoxy) is 1. The van der Waals surface area contributed by atoms with E-state index in [1.165, 1.54) is 0 Å². The quantitative estimate of drug-likeness (QED) is 0.844. The molecule has 0 aliphatic carbocycles. The summed E-state index contributed by atoms with van der Waals surface area (Å²) in [5.74, 6) is -1.74. The number of halogens is 3. The van der Waals surface area contributed by atoms with Crippen LogP contribution in [-0.4, -0.2) is 18.6 Å². The SMILES string of the molecule is CCOC(=O)CC(C)Nc1c(F)cc(F)cc1Br. The molecule has 6 heteroatoms. The highest BCUT2D eigenvalue weighted by Crippen LogP contribution is 2.27. The number of carbonyl (C=O) groups excluding carboxylic acids is 1. The first-order valence-electron chi connectivity index (χ1n) is 5.50. The highest BCUT2D eigenvalue weighted by molar-refractivity contribution is 9.10. The Labute approximate surface area is 113 Å². The molecule has 1 aromatic carbocycles. The van der Waals surface area contributed by atoms with Crippen LogP contribution < -0.4 is 5.32 Å². The topological polar surface area (TPSA) is 38.3 Å². The van der Waals surface area contributed by atoms with Gasteiger partial charge in [-0.15, -0.1) is 0 Å². The first-order valence-corrected chi connectivity index (χ1v) is 6.30. The molecule has 0 spiro atoms. The van der Waals surface area contributed by atoms with Crippen LogP contribution in [0.3, 0.4) is 0 Å². The van der Waals surface area contributed by atoms with Gasteiger partial charge in [0, 0.05) is 16.6 Å². The molecule has 0 aliphatic heterocycles. The zero-order chi connectivity index (χ0) is 13.7. The molecular formula is C12H14BrF2NO2. The summed E-state index contributed by atoms with van der Waals surface area (Å²) in [6.45, 7) is 3.73. The minimum atomic E-state index is -0.711. The molecule has 0 saturated carbocycles. The van der Waals surface area contributed by atoms with Gasteiger partial charge in [0.1, 0.15) is 11.6 Å². The molecule has 100 valence electrons. The fourth-order valence-corrected chi connectivity index (χ4v) is 1.97. The lowest BCUT2D eigenvalue weighted by Gasteiger charge is -2.16. The van der Waals surface area contributed by atoms with Crippen LogP contribution in [0.1, 0.15) is 20.3 Å². The first kappa shape index (κ1) is 14.9. The van der Waals surface area contributed by atoms with Crippen LogP contribution in [0.4, 0.5) is 14.5 Å². The maximum atomic E-state index is 13.5. The zero-order valence-corrected chi connectivity index (χ0v) is 11.7. The Morgan fingerprint density at radius 1 is 1.50 bits per heavy atom. The largest absolute Gasteiger partial charge is 0.466 e. The Kier molecular flexibility index (Phi) is 5.53. The molecular weight excluding hydrogens is 308 g/mol. The summed E-state index contributed by atoms with van der Waals surface area (Å²) in [4.78, 5) is 11.2. The van der Waals surface area contributed by atoms with Crippen LogP contribution in [-0.2, 0) is 9.53 Å². The van der Waals surface area contributed by atoms with Gasteiger partial charge >= 0.3 is 5.97 Å². The van der Waals surface area contributed by atoms with E-state index in [2.05, 4.69) is 21.2 Å². The predicted molar refractivity (Wildman–Crippen MR) is 68.4 cm³/mol. The molecule has 18 heavy (non-hydrogen) atoms. The number of carbonyl (C=O) groups is 1. The molecule has 0 aromatic heterocycles. The maximum absolute atomic E-state index is 13.5. The highest BCUT2D eigenvalue weighted by Gasteiger charge is 2.15. The number of anilines is 1. The van der Waals surface area contributed by atoms with E-state index in [-0.39, 0.29) is 28.6 Å². The molecule has 1 rings (SSSR count). The van der Waals surface area contributed by atoms with Crippen molar-refractivity contribution in [1.82, 2.24) is 0 Å². The van der Waals surface area contributed by atoms with Crippen LogP contribution in [0.2, 0.25) is 0 Å². The molecule has 0 fully saturated rings. The normalized spacial score (nSPS) is 12.1. The summed E-state index contributed by atoms with van der Waals surface area (Å²) in [5, 5.41) is 2.81. The summed E-state index contributed by atoms with van der Waals surface area (Å²) in [5.41, 5.74) is 0.133. The Bertz CT molecular complexity index is 417. The van der Waals surface area contributed by atoms with Gasteiger partial charge < -0.3 is 10.1 Å². The first-order chi connectivity index (χ1) is 8.43. The second-order valence-electron chi connectivity index (χ2n) is 3.80. The van der Waals surface area contributed by atoms with E-state index in [1.807, 2.05) is 0 Å². The van der Waals surface area contributed by atoms with Crippen molar-refractivity contribution in [1.29, 1.82) is 0 Å². The Hall–Kier alpha value is -1.17. The predicted octanol–water partition coefficient (Wildman–Crippen LogP) is 3.48. The number of hydrogen-bond acceptors (Lipinski definition) is 3. The maximum Gasteiger partial charge on any atom is 0.307 e. The van der Waals surface area contributed by atoms with Crippen LogP contribution in [0.25, 0.3) is 0 Å². The van der Waals surface area contributed by atoms with Gasteiger partial charge in [-0.1, -0.05) is 0 Å². The minimum Gasteiger partial charge on any atom is -0.466 e. The van der Waals surface area contributed by atoms with Crippen LogP contribution in [0.15, 0.2) is 16.6 Å². The Balaban J connectivity index is 2.70. The van der Waals surface area contributed by atoms with Crippen LogP contribution in [0, 0.1) is 11.6 Å². The van der Waals surface area contributed by atoms with Crippen LogP contribution >= 0.6 is 15.9 Å². The van der Waals surface area contributed by atoms with Crippen molar-refractivity contribution in [3.63, 3.8) is 0 Å². The second-order valence-corrected chi connectivity index (χ2v) is 4.65. The number of nitrogens with one attached hydrogen (secondary N) is 1. The Morgan fingerprint density at radius 2 is 2.17 bits per heavy atom. The van der Waals surface area contributed by atoms with Crippen molar-refractivity contribution in [2.45, 2.75) is 26.3 Å². The lowest BCUT2D eigenvalue weighted by Crippen LogP contribution is -2.22. The van der Waals surface area contributed by atoms with Gasteiger partial charge in [-0.05, 0) is 35.8 Å². The molecule has 3 nitrogen and oxygen atoms in total. The van der Waals surface area contributed by atoms with E-state index in [0.29, 0.717) is 6.61 Å². The van der Waals surface area contributed by atoms with Gasteiger partial charge in [-0.2, -0.15) is 0 Å². The Morgan fingerprint density at radius 3 is 2.72 bits per heavy atom. The number of benzene rings is 1. The van der Waals surface area contributed by atoms with Crippen molar-refractivity contribution < 1.29 is 18.3 Å². The van der Waals surface area contributed by atoms with Crippen molar-refractivity contribution >= 4 is 27.6 Å². The number of esters is 1. The fraction of sp³-hybridized carbons (Fsp3) is 0.417. The van der Waals surface area contributed by atoms with Gasteiger partial charge in [-0.3, -0.25) is 4.79 Å². The summed E-state index contributed by atoms with van der Waals surface area (Å²) >= 11 is 3.06. The molecule has 1 N–H and O–H groups in total. The third kappa shape index (κ3) is 4.25. The van der Waals surface area contributed by atoms with Gasteiger partial charge in [0.05, 0.1) is 18.7 Å². The monoisotopic (exact) mass is 321 g/mol. The van der Waals surface area contributed by atoms with E-state index in [9.17, 15) is 13.6 Å².